The topological polar surface area (TPSA) is 94.7 Å². The van der Waals surface area contributed by atoms with Crippen molar-refractivity contribution in [2.24, 2.45) is 0 Å². The number of nitrogens with one attached hydrogen (secondary N) is 1. The molecule has 127 valence electrons. The van der Waals surface area contributed by atoms with Crippen molar-refractivity contribution in [3.63, 3.8) is 0 Å². The van der Waals surface area contributed by atoms with Gasteiger partial charge in [-0.25, -0.2) is 4.79 Å². The lowest BCUT2D eigenvalue weighted by Gasteiger charge is -2.07. The molecule has 1 heterocycles. The first-order valence-electron chi connectivity index (χ1n) is 7.63. The second kappa shape index (κ2) is 9.66. The van der Waals surface area contributed by atoms with Gasteiger partial charge in [0.2, 0.25) is 0 Å². The van der Waals surface area contributed by atoms with Gasteiger partial charge in [-0.3, -0.25) is 9.59 Å². The molecule has 0 bridgehead atoms. The normalized spacial score (nSPS) is 10.2. The van der Waals surface area contributed by atoms with Crippen LogP contribution < -0.4 is 0 Å². The molecule has 0 aliphatic carbocycles. The van der Waals surface area contributed by atoms with E-state index in [4.69, 9.17) is 14.2 Å². The van der Waals surface area contributed by atoms with Crippen LogP contribution in [-0.4, -0.2) is 42.7 Å². The molecule has 0 aromatic carbocycles. The van der Waals surface area contributed by atoms with Gasteiger partial charge in [-0.05, 0) is 38.3 Å². The van der Waals surface area contributed by atoms with Crippen LogP contribution in [0.3, 0.4) is 0 Å². The summed E-state index contributed by atoms with van der Waals surface area (Å²) in [7, 11) is 0. The van der Waals surface area contributed by atoms with E-state index < -0.39 is 11.9 Å². The zero-order valence-corrected chi connectivity index (χ0v) is 13.7. The van der Waals surface area contributed by atoms with Crippen molar-refractivity contribution in [3.8, 4) is 0 Å². The van der Waals surface area contributed by atoms with E-state index in [0.29, 0.717) is 17.7 Å². The quantitative estimate of drug-likeness (QED) is 0.547. The summed E-state index contributed by atoms with van der Waals surface area (Å²) in [6, 6.07) is 0. The summed E-state index contributed by atoms with van der Waals surface area (Å²) in [6.07, 6.45) is 3.10. The van der Waals surface area contributed by atoms with E-state index in [1.54, 1.807) is 20.8 Å². The summed E-state index contributed by atoms with van der Waals surface area (Å²) < 4.78 is 14.7. The molecule has 1 rings (SSSR count). The fourth-order valence-corrected chi connectivity index (χ4v) is 2.06. The van der Waals surface area contributed by atoms with E-state index in [0.717, 1.165) is 0 Å². The predicted octanol–water partition coefficient (Wildman–Crippen LogP) is 1.59. The van der Waals surface area contributed by atoms with Gasteiger partial charge in [0.1, 0.15) is 5.69 Å². The standard InChI is InChI=1S/C16H22NO6/c1-4-21-13(18)8-7-12-11(9-14(19)22-5-2)10-17-15(12)16(20)23-6-3/h17H,4-9H2,1-3H3. The van der Waals surface area contributed by atoms with E-state index in [9.17, 15) is 14.4 Å². The molecule has 1 aromatic rings. The molecule has 1 aromatic heterocycles. The molecule has 0 spiro atoms. The number of esters is 3. The van der Waals surface area contributed by atoms with Gasteiger partial charge >= 0.3 is 17.9 Å². The van der Waals surface area contributed by atoms with Crippen LogP contribution in [0.1, 0.15) is 48.8 Å². The summed E-state index contributed by atoms with van der Waals surface area (Å²) in [5, 5.41) is 0. The number of aromatic nitrogens is 1. The van der Waals surface area contributed by atoms with Crippen LogP contribution in [0, 0.1) is 6.20 Å². The van der Waals surface area contributed by atoms with Crippen molar-refractivity contribution in [2.75, 3.05) is 19.8 Å². The van der Waals surface area contributed by atoms with Crippen LogP contribution in [0.25, 0.3) is 0 Å². The van der Waals surface area contributed by atoms with E-state index in [-0.39, 0.29) is 44.1 Å². The second-order valence-corrected chi connectivity index (χ2v) is 4.59. The Balaban J connectivity index is 2.93. The fraction of sp³-hybridized carbons (Fsp3) is 0.562. The molecule has 0 amide bonds. The maximum atomic E-state index is 12.0. The monoisotopic (exact) mass is 324 g/mol. The minimum Gasteiger partial charge on any atom is -0.466 e. The van der Waals surface area contributed by atoms with Gasteiger partial charge in [-0.1, -0.05) is 0 Å². The van der Waals surface area contributed by atoms with Crippen LogP contribution in [0.2, 0.25) is 0 Å². The van der Waals surface area contributed by atoms with Crippen molar-refractivity contribution in [3.05, 3.63) is 23.0 Å². The van der Waals surface area contributed by atoms with Crippen LogP contribution in [-0.2, 0) is 36.6 Å². The molecule has 0 fully saturated rings. The third kappa shape index (κ3) is 5.77. The highest BCUT2D eigenvalue weighted by Gasteiger charge is 2.21. The minimum atomic E-state index is -0.544. The van der Waals surface area contributed by atoms with Gasteiger partial charge in [0.25, 0.3) is 0 Å². The van der Waals surface area contributed by atoms with Gasteiger partial charge < -0.3 is 19.2 Å². The molecular weight excluding hydrogens is 302 g/mol. The molecular formula is C16H22NO6. The summed E-state index contributed by atoms with van der Waals surface area (Å²) in [5.41, 5.74) is 1.23. The number of ether oxygens (including phenoxy) is 3. The Morgan fingerprint density at radius 3 is 2.17 bits per heavy atom. The number of hydrogen-bond donors (Lipinski definition) is 1. The lowest BCUT2D eigenvalue weighted by molar-refractivity contribution is -0.143. The SMILES string of the molecule is CCOC(=O)CCc1c(CC(=O)OCC)[c][nH]c1C(=O)OCC. The second-order valence-electron chi connectivity index (χ2n) is 4.59. The Morgan fingerprint density at radius 2 is 1.57 bits per heavy atom. The van der Waals surface area contributed by atoms with Gasteiger partial charge in [-0.15, -0.1) is 0 Å². The van der Waals surface area contributed by atoms with E-state index in [2.05, 4.69) is 11.2 Å². The van der Waals surface area contributed by atoms with Gasteiger partial charge in [0.15, 0.2) is 0 Å². The number of aromatic amines is 1. The van der Waals surface area contributed by atoms with Crippen molar-refractivity contribution >= 4 is 17.9 Å². The van der Waals surface area contributed by atoms with Gasteiger partial charge in [-0.2, -0.15) is 0 Å². The Morgan fingerprint density at radius 1 is 0.957 bits per heavy atom. The van der Waals surface area contributed by atoms with E-state index in [1.165, 1.54) is 0 Å². The molecule has 1 radical (unpaired) electrons. The Labute approximate surface area is 135 Å². The first-order valence-corrected chi connectivity index (χ1v) is 7.63. The molecule has 23 heavy (non-hydrogen) atoms. The number of hydrogen-bond acceptors (Lipinski definition) is 6. The van der Waals surface area contributed by atoms with Crippen LogP contribution >= 0.6 is 0 Å². The zero-order chi connectivity index (χ0) is 17.2. The van der Waals surface area contributed by atoms with Crippen LogP contribution in [0.5, 0.6) is 0 Å². The first-order chi connectivity index (χ1) is 11.0. The van der Waals surface area contributed by atoms with E-state index >= 15 is 0 Å². The number of carbonyl (C=O) groups excluding carboxylic acids is 3. The third-order valence-corrected chi connectivity index (χ3v) is 2.99. The molecule has 7 nitrogen and oxygen atoms in total. The van der Waals surface area contributed by atoms with Crippen molar-refractivity contribution in [1.29, 1.82) is 0 Å². The molecule has 0 saturated heterocycles. The molecule has 0 saturated carbocycles. The molecule has 1 N–H and O–H groups in total. The molecule has 0 unspecified atom stereocenters. The van der Waals surface area contributed by atoms with Crippen molar-refractivity contribution in [2.45, 2.75) is 40.0 Å². The molecule has 0 atom stereocenters. The summed E-state index contributed by atoms with van der Waals surface area (Å²) in [4.78, 5) is 37.8. The average Bonchev–Trinajstić information content (AvgIpc) is 2.88. The summed E-state index contributed by atoms with van der Waals surface area (Å²) >= 11 is 0. The first kappa shape index (κ1) is 18.7. The zero-order valence-electron chi connectivity index (χ0n) is 13.7. The Bertz CT molecular complexity index is 549. The smallest absolute Gasteiger partial charge is 0.355 e. The van der Waals surface area contributed by atoms with Gasteiger partial charge in [0, 0.05) is 6.42 Å². The lowest BCUT2D eigenvalue weighted by Crippen LogP contribution is -2.13. The van der Waals surface area contributed by atoms with Crippen molar-refractivity contribution in [1.82, 2.24) is 4.98 Å². The molecule has 0 aliphatic heterocycles. The largest absolute Gasteiger partial charge is 0.466 e. The Kier molecular flexibility index (Phi) is 7.87. The maximum Gasteiger partial charge on any atom is 0.355 e. The lowest BCUT2D eigenvalue weighted by atomic mass is 10.0. The van der Waals surface area contributed by atoms with Crippen LogP contribution in [0.4, 0.5) is 0 Å². The van der Waals surface area contributed by atoms with Crippen molar-refractivity contribution < 1.29 is 28.6 Å². The fourth-order valence-electron chi connectivity index (χ4n) is 2.06. The highest BCUT2D eigenvalue weighted by molar-refractivity contribution is 5.90. The average molecular weight is 324 g/mol. The summed E-state index contributed by atoms with van der Waals surface area (Å²) in [5.74, 6) is -1.33. The third-order valence-electron chi connectivity index (χ3n) is 2.99. The molecule has 0 aliphatic rings. The van der Waals surface area contributed by atoms with Crippen LogP contribution in [0.15, 0.2) is 0 Å². The Hall–Kier alpha value is -2.31. The van der Waals surface area contributed by atoms with Gasteiger partial charge in [0.05, 0.1) is 32.4 Å². The molecule has 7 heteroatoms. The minimum absolute atomic E-state index is 0.0259. The number of rotatable bonds is 9. The maximum absolute atomic E-state index is 12.0. The highest BCUT2D eigenvalue weighted by Crippen LogP contribution is 2.18. The predicted molar refractivity (Wildman–Crippen MR) is 80.9 cm³/mol. The van der Waals surface area contributed by atoms with E-state index in [1.807, 2.05) is 0 Å². The number of carbonyl (C=O) groups is 3. The summed E-state index contributed by atoms with van der Waals surface area (Å²) in [6.45, 7) is 5.91. The highest BCUT2D eigenvalue weighted by atomic mass is 16.5. The number of H-pyrrole nitrogens is 1.